The number of benzene rings is 6. The molecule has 0 amide bonds. The molecule has 6 rings (SSSR count). The van der Waals surface area contributed by atoms with Crippen LogP contribution < -0.4 is 0 Å². The molecule has 0 nitrogen and oxygen atoms in total. The largest absolute Gasteiger partial charge is 0.0683 e. The van der Waals surface area contributed by atoms with Crippen molar-refractivity contribution in [2.75, 3.05) is 0 Å². The molecular formula is C40H46. The maximum atomic E-state index is 2.42. The van der Waals surface area contributed by atoms with Crippen LogP contribution in [0.15, 0.2) is 97.1 Å². The summed E-state index contributed by atoms with van der Waals surface area (Å²) < 4.78 is 0. The summed E-state index contributed by atoms with van der Waals surface area (Å²) in [5, 5.41) is 11.1. The maximum absolute atomic E-state index is 2.42. The van der Waals surface area contributed by atoms with Gasteiger partial charge in [0, 0.05) is 5.92 Å². The molecule has 0 radical (unpaired) electrons. The molecule has 0 bridgehead atoms. The minimum Gasteiger partial charge on any atom is -0.0683 e. The third-order valence-electron chi connectivity index (χ3n) is 8.44. The second-order valence-electron chi connectivity index (χ2n) is 10.6. The van der Waals surface area contributed by atoms with Crippen LogP contribution >= 0.6 is 0 Å². The Morgan fingerprint density at radius 1 is 0.475 bits per heavy atom. The lowest BCUT2D eigenvalue weighted by atomic mass is 9.78. The molecule has 2 unspecified atom stereocenters. The van der Waals surface area contributed by atoms with Gasteiger partial charge in [-0.15, -0.1) is 0 Å². The second-order valence-corrected chi connectivity index (χ2v) is 10.6. The van der Waals surface area contributed by atoms with Crippen molar-refractivity contribution in [3.63, 3.8) is 0 Å². The van der Waals surface area contributed by atoms with Crippen molar-refractivity contribution in [1.82, 2.24) is 0 Å². The van der Waals surface area contributed by atoms with Crippen molar-refractivity contribution in [3.8, 4) is 0 Å². The van der Waals surface area contributed by atoms with Gasteiger partial charge in [0.2, 0.25) is 0 Å². The number of fused-ring (bicyclic) bond motifs is 4. The molecule has 0 aliphatic rings. The summed E-state index contributed by atoms with van der Waals surface area (Å²) in [7, 11) is 0. The van der Waals surface area contributed by atoms with Crippen molar-refractivity contribution in [1.29, 1.82) is 0 Å². The van der Waals surface area contributed by atoms with Crippen molar-refractivity contribution in [2.45, 2.75) is 74.1 Å². The first-order chi connectivity index (χ1) is 19.6. The Balaban J connectivity index is 0.000000886. The van der Waals surface area contributed by atoms with Gasteiger partial charge in [-0.05, 0) is 84.6 Å². The zero-order valence-corrected chi connectivity index (χ0v) is 25.8. The number of hydrogen-bond donors (Lipinski definition) is 0. The summed E-state index contributed by atoms with van der Waals surface area (Å²) >= 11 is 0. The van der Waals surface area contributed by atoms with Crippen LogP contribution in [-0.2, 0) is 6.42 Å². The molecule has 0 saturated heterocycles. The lowest BCUT2D eigenvalue weighted by Gasteiger charge is -2.25. The zero-order valence-electron chi connectivity index (χ0n) is 25.8. The van der Waals surface area contributed by atoms with E-state index in [0.717, 1.165) is 6.42 Å². The molecule has 0 aromatic heterocycles. The number of hydrogen-bond acceptors (Lipinski definition) is 0. The van der Waals surface area contributed by atoms with Crippen molar-refractivity contribution >= 4 is 43.1 Å². The lowest BCUT2D eigenvalue weighted by molar-refractivity contribution is 0.564. The fourth-order valence-corrected chi connectivity index (χ4v) is 6.42. The van der Waals surface area contributed by atoms with E-state index in [0.29, 0.717) is 5.92 Å². The Kier molecular flexibility index (Phi) is 9.64. The third-order valence-corrected chi connectivity index (χ3v) is 8.44. The van der Waals surface area contributed by atoms with Crippen molar-refractivity contribution in [2.24, 2.45) is 5.92 Å². The monoisotopic (exact) mass is 526 g/mol. The van der Waals surface area contributed by atoms with Crippen LogP contribution in [0.25, 0.3) is 43.1 Å². The van der Waals surface area contributed by atoms with Crippen LogP contribution in [0, 0.1) is 12.8 Å². The molecule has 206 valence electrons. The predicted octanol–water partition coefficient (Wildman–Crippen LogP) is 12.4. The smallest absolute Gasteiger partial charge is 0.00856 e. The van der Waals surface area contributed by atoms with Gasteiger partial charge in [0.05, 0.1) is 0 Å². The van der Waals surface area contributed by atoms with Crippen LogP contribution in [-0.4, -0.2) is 0 Å². The molecule has 0 N–H and O–H groups in total. The van der Waals surface area contributed by atoms with Gasteiger partial charge in [0.1, 0.15) is 0 Å². The highest BCUT2D eigenvalue weighted by molar-refractivity contribution is 6.10. The molecule has 0 fully saturated rings. The fraction of sp³-hybridized carbons (Fsp3) is 0.300. The maximum Gasteiger partial charge on any atom is 0.00856 e. The summed E-state index contributed by atoms with van der Waals surface area (Å²) in [5.74, 6) is 0.901. The highest BCUT2D eigenvalue weighted by Gasteiger charge is 2.23. The third kappa shape index (κ3) is 5.13. The minimum atomic E-state index is 0.243. The van der Waals surface area contributed by atoms with Crippen LogP contribution in [0.3, 0.4) is 0 Å². The molecule has 0 heterocycles. The van der Waals surface area contributed by atoms with Crippen LogP contribution in [0.4, 0.5) is 0 Å². The molecular weight excluding hydrogens is 480 g/mol. The Bertz CT molecular complexity index is 1620. The SMILES string of the molecule is CC.CC.CCC(C)Cc1c2ccccc2c(C(C)c2c3ccccc3c(C)c3ccccc23)c2ccccc12. The van der Waals surface area contributed by atoms with E-state index in [1.54, 1.807) is 0 Å². The highest BCUT2D eigenvalue weighted by atomic mass is 14.3. The average Bonchev–Trinajstić information content (AvgIpc) is 3.03. The average molecular weight is 527 g/mol. The standard InChI is InChI=1S/C36H34.2C2H6/c1-5-23(2)22-34-28-16-8-12-20-32(28)36(33-21-13-9-17-29(33)34)25(4)35-30-18-10-6-14-26(30)24(3)27-15-7-11-19-31(27)35;2*1-2/h6-21,23,25H,5,22H2,1-4H3;2*1-2H3. The Morgan fingerprint density at radius 2 is 0.775 bits per heavy atom. The van der Waals surface area contributed by atoms with Crippen molar-refractivity contribution in [3.05, 3.63) is 119 Å². The quantitative estimate of drug-likeness (QED) is 0.196. The van der Waals surface area contributed by atoms with Crippen LogP contribution in [0.1, 0.15) is 83.1 Å². The van der Waals surface area contributed by atoms with E-state index in [1.165, 1.54) is 71.8 Å². The second kappa shape index (κ2) is 13.1. The predicted molar refractivity (Wildman–Crippen MR) is 181 cm³/mol. The Labute approximate surface area is 242 Å². The van der Waals surface area contributed by atoms with Crippen molar-refractivity contribution < 1.29 is 0 Å². The van der Waals surface area contributed by atoms with E-state index < -0.39 is 0 Å². The molecule has 2 atom stereocenters. The van der Waals surface area contributed by atoms with E-state index in [-0.39, 0.29) is 5.92 Å². The Morgan fingerprint density at radius 3 is 1.12 bits per heavy atom. The summed E-state index contributed by atoms with van der Waals surface area (Å²) in [4.78, 5) is 0. The first kappa shape index (κ1) is 29.3. The molecule has 0 heteroatoms. The van der Waals surface area contributed by atoms with Gasteiger partial charge >= 0.3 is 0 Å². The number of aryl methyl sites for hydroxylation is 1. The van der Waals surface area contributed by atoms with Gasteiger partial charge in [-0.3, -0.25) is 0 Å². The van der Waals surface area contributed by atoms with E-state index in [4.69, 9.17) is 0 Å². The molecule has 6 aromatic carbocycles. The van der Waals surface area contributed by atoms with Gasteiger partial charge < -0.3 is 0 Å². The molecule has 0 saturated carbocycles. The highest BCUT2D eigenvalue weighted by Crippen LogP contribution is 2.44. The topological polar surface area (TPSA) is 0 Å². The van der Waals surface area contributed by atoms with E-state index >= 15 is 0 Å². The summed E-state index contributed by atoms with van der Waals surface area (Å²) in [6.45, 7) is 17.4. The normalized spacial score (nSPS) is 12.5. The molecule has 0 aliphatic heterocycles. The summed E-state index contributed by atoms with van der Waals surface area (Å²) in [5.41, 5.74) is 5.77. The molecule has 40 heavy (non-hydrogen) atoms. The van der Waals surface area contributed by atoms with E-state index in [2.05, 4.69) is 125 Å². The van der Waals surface area contributed by atoms with Gasteiger partial charge in [-0.1, -0.05) is 152 Å². The summed E-state index contributed by atoms with van der Waals surface area (Å²) in [6, 6.07) is 36.2. The summed E-state index contributed by atoms with van der Waals surface area (Å²) in [6.07, 6.45) is 2.31. The number of rotatable bonds is 5. The van der Waals surface area contributed by atoms with Gasteiger partial charge in [0.25, 0.3) is 0 Å². The van der Waals surface area contributed by atoms with Gasteiger partial charge in [-0.2, -0.15) is 0 Å². The fourth-order valence-electron chi connectivity index (χ4n) is 6.42. The minimum absolute atomic E-state index is 0.243. The van der Waals surface area contributed by atoms with Crippen LogP contribution in [0.5, 0.6) is 0 Å². The van der Waals surface area contributed by atoms with Gasteiger partial charge in [-0.25, -0.2) is 0 Å². The van der Waals surface area contributed by atoms with E-state index in [9.17, 15) is 0 Å². The molecule has 6 aromatic rings. The van der Waals surface area contributed by atoms with Crippen LogP contribution in [0.2, 0.25) is 0 Å². The Hall–Kier alpha value is -3.64. The van der Waals surface area contributed by atoms with E-state index in [1.807, 2.05) is 27.7 Å². The zero-order chi connectivity index (χ0) is 28.8. The molecule has 0 spiro atoms. The first-order valence-electron chi connectivity index (χ1n) is 15.4. The van der Waals surface area contributed by atoms with Gasteiger partial charge in [0.15, 0.2) is 0 Å². The molecule has 0 aliphatic carbocycles. The lowest BCUT2D eigenvalue weighted by Crippen LogP contribution is -2.05. The first-order valence-corrected chi connectivity index (χ1v) is 15.4.